The minimum absolute atomic E-state index is 0.268. The number of para-hydroxylation sites is 1. The first-order chi connectivity index (χ1) is 12.2. The molecule has 0 atom stereocenters. The molecule has 0 radical (unpaired) electrons. The zero-order chi connectivity index (χ0) is 17.5. The van der Waals surface area contributed by atoms with Crippen molar-refractivity contribution in [2.75, 3.05) is 29.5 Å². The van der Waals surface area contributed by atoms with Gasteiger partial charge in [-0.15, -0.1) is 0 Å². The fraction of sp³-hybridized carbons (Fsp3) is 0.167. The first kappa shape index (κ1) is 16.5. The molecule has 0 unspecified atom stereocenters. The zero-order valence-electron chi connectivity index (χ0n) is 13.9. The molecule has 0 aliphatic rings. The number of phenols is 1. The second kappa shape index (κ2) is 7.96. The first-order valence-corrected chi connectivity index (χ1v) is 8.00. The molecule has 0 fully saturated rings. The largest absolute Gasteiger partial charge is 0.508 e. The van der Waals surface area contributed by atoms with Gasteiger partial charge in [-0.2, -0.15) is 15.0 Å². The number of aromatic nitrogens is 3. The molecule has 1 aromatic heterocycles. The highest BCUT2D eigenvalue weighted by atomic mass is 16.3. The number of nitrogens with one attached hydrogen (secondary N) is 3. The van der Waals surface area contributed by atoms with Crippen LogP contribution in [0.2, 0.25) is 0 Å². The monoisotopic (exact) mass is 336 g/mol. The Morgan fingerprint density at radius 1 is 0.840 bits per heavy atom. The number of phenolic OH excluding ortho intramolecular Hbond substituents is 1. The Kier molecular flexibility index (Phi) is 5.26. The molecular weight excluding hydrogens is 316 g/mol. The summed E-state index contributed by atoms with van der Waals surface area (Å²) >= 11 is 0. The van der Waals surface area contributed by atoms with Crippen molar-refractivity contribution < 1.29 is 5.11 Å². The topological polar surface area (TPSA) is 95.0 Å². The van der Waals surface area contributed by atoms with Crippen molar-refractivity contribution in [3.8, 4) is 5.75 Å². The van der Waals surface area contributed by atoms with E-state index in [-0.39, 0.29) is 5.75 Å². The number of hydrogen-bond acceptors (Lipinski definition) is 7. The van der Waals surface area contributed by atoms with E-state index in [1.54, 1.807) is 19.2 Å². The lowest BCUT2D eigenvalue weighted by molar-refractivity contribution is 0.475. The van der Waals surface area contributed by atoms with Crippen molar-refractivity contribution in [1.82, 2.24) is 15.0 Å². The van der Waals surface area contributed by atoms with Gasteiger partial charge in [0, 0.05) is 19.3 Å². The Morgan fingerprint density at radius 3 is 2.24 bits per heavy atom. The Morgan fingerprint density at radius 2 is 1.52 bits per heavy atom. The number of anilines is 4. The lowest BCUT2D eigenvalue weighted by Crippen LogP contribution is -2.11. The molecule has 7 heteroatoms. The molecule has 3 aromatic rings. The highest BCUT2D eigenvalue weighted by molar-refractivity contribution is 5.55. The Balaban J connectivity index is 1.65. The Bertz CT molecular complexity index is 808. The Hall–Kier alpha value is -3.35. The van der Waals surface area contributed by atoms with Crippen LogP contribution in [0.3, 0.4) is 0 Å². The van der Waals surface area contributed by atoms with Crippen LogP contribution in [0.1, 0.15) is 5.56 Å². The van der Waals surface area contributed by atoms with Crippen molar-refractivity contribution in [3.05, 3.63) is 60.2 Å². The average molecular weight is 336 g/mol. The molecule has 1 heterocycles. The van der Waals surface area contributed by atoms with Gasteiger partial charge in [0.2, 0.25) is 17.8 Å². The smallest absolute Gasteiger partial charge is 0.233 e. The second-order valence-electron chi connectivity index (χ2n) is 5.39. The summed E-state index contributed by atoms with van der Waals surface area (Å²) in [5.41, 5.74) is 2.03. The molecule has 0 aliphatic carbocycles. The summed E-state index contributed by atoms with van der Waals surface area (Å²) in [5.74, 6) is 1.72. The summed E-state index contributed by atoms with van der Waals surface area (Å²) in [5, 5.41) is 18.6. The zero-order valence-corrected chi connectivity index (χ0v) is 13.9. The third kappa shape index (κ3) is 4.81. The van der Waals surface area contributed by atoms with Crippen molar-refractivity contribution in [1.29, 1.82) is 0 Å². The molecule has 25 heavy (non-hydrogen) atoms. The average Bonchev–Trinajstić information content (AvgIpc) is 2.64. The van der Waals surface area contributed by atoms with Crippen molar-refractivity contribution in [2.45, 2.75) is 6.42 Å². The van der Waals surface area contributed by atoms with Crippen LogP contribution in [-0.4, -0.2) is 33.7 Å². The van der Waals surface area contributed by atoms with Gasteiger partial charge in [0.25, 0.3) is 0 Å². The molecule has 0 aliphatic heterocycles. The number of aromatic hydroxyl groups is 1. The highest BCUT2D eigenvalue weighted by Gasteiger charge is 2.06. The minimum Gasteiger partial charge on any atom is -0.508 e. The number of hydrogen-bond donors (Lipinski definition) is 4. The van der Waals surface area contributed by atoms with E-state index in [2.05, 4.69) is 30.9 Å². The van der Waals surface area contributed by atoms with Gasteiger partial charge in [-0.25, -0.2) is 0 Å². The van der Waals surface area contributed by atoms with Gasteiger partial charge >= 0.3 is 0 Å². The van der Waals surface area contributed by atoms with Gasteiger partial charge in [-0.3, -0.25) is 0 Å². The molecular formula is C18H20N6O. The van der Waals surface area contributed by atoms with Gasteiger partial charge in [-0.05, 0) is 36.2 Å². The second-order valence-corrected chi connectivity index (χ2v) is 5.39. The van der Waals surface area contributed by atoms with Crippen molar-refractivity contribution >= 4 is 23.5 Å². The van der Waals surface area contributed by atoms with Gasteiger partial charge in [0.05, 0.1) is 0 Å². The predicted octanol–water partition coefficient (Wildman–Crippen LogP) is 3.02. The van der Waals surface area contributed by atoms with E-state index in [1.165, 1.54) is 0 Å². The summed E-state index contributed by atoms with van der Waals surface area (Å²) in [7, 11) is 1.77. The standard InChI is InChI=1S/C18H20N6O/c1-19-16-22-17(20-12-11-13-7-9-15(25)10-8-13)24-18(23-16)21-14-5-3-2-4-6-14/h2-10,25H,11-12H2,1H3,(H3,19,20,21,22,23,24). The van der Waals surface area contributed by atoms with E-state index in [9.17, 15) is 5.11 Å². The highest BCUT2D eigenvalue weighted by Crippen LogP contribution is 2.15. The van der Waals surface area contributed by atoms with E-state index in [0.29, 0.717) is 24.4 Å². The molecule has 128 valence electrons. The normalized spacial score (nSPS) is 10.3. The lowest BCUT2D eigenvalue weighted by atomic mass is 10.1. The van der Waals surface area contributed by atoms with Crippen LogP contribution in [-0.2, 0) is 6.42 Å². The lowest BCUT2D eigenvalue weighted by Gasteiger charge is -2.10. The maximum Gasteiger partial charge on any atom is 0.233 e. The third-order valence-electron chi connectivity index (χ3n) is 3.52. The van der Waals surface area contributed by atoms with E-state index in [1.807, 2.05) is 42.5 Å². The molecule has 0 bridgehead atoms. The van der Waals surface area contributed by atoms with Crippen LogP contribution in [0, 0.1) is 0 Å². The van der Waals surface area contributed by atoms with E-state index < -0.39 is 0 Å². The summed E-state index contributed by atoms with van der Waals surface area (Å²) in [6, 6.07) is 16.9. The van der Waals surface area contributed by atoms with Crippen LogP contribution in [0.15, 0.2) is 54.6 Å². The summed E-state index contributed by atoms with van der Waals surface area (Å²) < 4.78 is 0. The minimum atomic E-state index is 0.268. The molecule has 7 nitrogen and oxygen atoms in total. The molecule has 0 spiro atoms. The molecule has 2 aromatic carbocycles. The fourth-order valence-electron chi connectivity index (χ4n) is 2.25. The molecule has 4 N–H and O–H groups in total. The van der Waals surface area contributed by atoms with Gasteiger partial charge in [0.1, 0.15) is 5.75 Å². The summed E-state index contributed by atoms with van der Waals surface area (Å²) in [4.78, 5) is 13.0. The van der Waals surface area contributed by atoms with Gasteiger partial charge in [-0.1, -0.05) is 30.3 Å². The van der Waals surface area contributed by atoms with Crippen LogP contribution < -0.4 is 16.0 Å². The number of rotatable bonds is 7. The van der Waals surface area contributed by atoms with Crippen molar-refractivity contribution in [3.63, 3.8) is 0 Å². The van der Waals surface area contributed by atoms with E-state index >= 15 is 0 Å². The molecule has 0 saturated heterocycles. The SMILES string of the molecule is CNc1nc(NCCc2ccc(O)cc2)nc(Nc2ccccc2)n1. The molecule has 3 rings (SSSR count). The third-order valence-corrected chi connectivity index (χ3v) is 3.52. The summed E-state index contributed by atoms with van der Waals surface area (Å²) in [6.45, 7) is 0.669. The fourth-order valence-corrected chi connectivity index (χ4v) is 2.25. The van der Waals surface area contributed by atoms with E-state index in [0.717, 1.165) is 17.7 Å². The van der Waals surface area contributed by atoms with Gasteiger partial charge < -0.3 is 21.1 Å². The number of benzene rings is 2. The predicted molar refractivity (Wildman–Crippen MR) is 99.4 cm³/mol. The quantitative estimate of drug-likeness (QED) is 0.527. The maximum absolute atomic E-state index is 9.31. The van der Waals surface area contributed by atoms with Crippen LogP contribution in [0.4, 0.5) is 23.5 Å². The van der Waals surface area contributed by atoms with Crippen LogP contribution in [0.5, 0.6) is 5.75 Å². The summed E-state index contributed by atoms with van der Waals surface area (Å²) in [6.07, 6.45) is 0.794. The van der Waals surface area contributed by atoms with Crippen LogP contribution >= 0.6 is 0 Å². The van der Waals surface area contributed by atoms with Crippen LogP contribution in [0.25, 0.3) is 0 Å². The van der Waals surface area contributed by atoms with Crippen molar-refractivity contribution in [2.24, 2.45) is 0 Å². The maximum atomic E-state index is 9.31. The molecule has 0 amide bonds. The van der Waals surface area contributed by atoms with Gasteiger partial charge in [0.15, 0.2) is 0 Å². The Labute approximate surface area is 146 Å². The first-order valence-electron chi connectivity index (χ1n) is 8.00. The number of nitrogens with zero attached hydrogens (tertiary/aromatic N) is 3. The van der Waals surface area contributed by atoms with E-state index in [4.69, 9.17) is 0 Å². The molecule has 0 saturated carbocycles.